The van der Waals surface area contributed by atoms with Crippen molar-refractivity contribution in [3.05, 3.63) is 12.3 Å². The number of rotatable bonds is 7. The van der Waals surface area contributed by atoms with E-state index in [1.165, 1.54) is 0 Å². The highest BCUT2D eigenvalue weighted by Crippen LogP contribution is 2.15. The molecule has 3 nitrogen and oxygen atoms in total. The van der Waals surface area contributed by atoms with Gasteiger partial charge in [0.2, 0.25) is 0 Å². The average Bonchev–Trinajstić information content (AvgIpc) is 2.17. The molecule has 0 N–H and O–H groups in total. The first-order chi connectivity index (χ1) is 6.24. The maximum absolute atomic E-state index is 5.52. The summed E-state index contributed by atoms with van der Waals surface area (Å²) in [5, 5.41) is 0. The first-order valence-corrected chi connectivity index (χ1v) is 6.61. The van der Waals surface area contributed by atoms with Gasteiger partial charge in [0.15, 0.2) is 0 Å². The van der Waals surface area contributed by atoms with Gasteiger partial charge in [-0.05, 0) is 6.42 Å². The quantitative estimate of drug-likeness (QED) is 0.471. The van der Waals surface area contributed by atoms with E-state index in [2.05, 4.69) is 13.8 Å². The van der Waals surface area contributed by atoms with E-state index in [0.29, 0.717) is 0 Å². The highest BCUT2D eigenvalue weighted by Gasteiger charge is 2.38. The SMILES string of the molecule is CCC=CO[Si](CCC)(OC)OC. The van der Waals surface area contributed by atoms with Crippen LogP contribution in [0.2, 0.25) is 6.04 Å². The van der Waals surface area contributed by atoms with Crippen molar-refractivity contribution in [2.75, 3.05) is 14.2 Å². The number of hydrogen-bond acceptors (Lipinski definition) is 3. The zero-order valence-electron chi connectivity index (χ0n) is 9.00. The number of hydrogen-bond donors (Lipinski definition) is 0. The van der Waals surface area contributed by atoms with Crippen LogP contribution < -0.4 is 0 Å². The lowest BCUT2D eigenvalue weighted by atomic mass is 10.5. The second kappa shape index (κ2) is 7.12. The lowest BCUT2D eigenvalue weighted by molar-refractivity contribution is 0.140. The average molecular weight is 204 g/mol. The summed E-state index contributed by atoms with van der Waals surface area (Å²) in [7, 11) is 0.921. The van der Waals surface area contributed by atoms with Gasteiger partial charge >= 0.3 is 8.80 Å². The van der Waals surface area contributed by atoms with Crippen LogP contribution in [-0.2, 0) is 13.3 Å². The summed E-state index contributed by atoms with van der Waals surface area (Å²) in [4.78, 5) is 0. The molecule has 0 saturated heterocycles. The minimum absolute atomic E-state index is 0.855. The van der Waals surface area contributed by atoms with Crippen LogP contribution in [0.4, 0.5) is 0 Å². The van der Waals surface area contributed by atoms with E-state index in [9.17, 15) is 0 Å². The van der Waals surface area contributed by atoms with Gasteiger partial charge in [0.05, 0.1) is 6.26 Å². The summed E-state index contributed by atoms with van der Waals surface area (Å²) < 4.78 is 16.2. The van der Waals surface area contributed by atoms with Crippen LogP contribution in [0.5, 0.6) is 0 Å². The van der Waals surface area contributed by atoms with E-state index >= 15 is 0 Å². The highest BCUT2D eigenvalue weighted by atomic mass is 28.4. The van der Waals surface area contributed by atoms with Crippen LogP contribution in [-0.4, -0.2) is 23.0 Å². The van der Waals surface area contributed by atoms with Gasteiger partial charge in [-0.15, -0.1) is 0 Å². The molecule has 13 heavy (non-hydrogen) atoms. The van der Waals surface area contributed by atoms with E-state index in [1.807, 2.05) is 6.08 Å². The van der Waals surface area contributed by atoms with Crippen molar-refractivity contribution in [2.24, 2.45) is 0 Å². The second-order valence-corrected chi connectivity index (χ2v) is 5.66. The fourth-order valence-corrected chi connectivity index (χ4v) is 2.80. The molecule has 0 unspecified atom stereocenters. The van der Waals surface area contributed by atoms with Gasteiger partial charge in [0.1, 0.15) is 0 Å². The van der Waals surface area contributed by atoms with Gasteiger partial charge in [0, 0.05) is 20.3 Å². The van der Waals surface area contributed by atoms with E-state index in [0.717, 1.165) is 18.9 Å². The van der Waals surface area contributed by atoms with Crippen LogP contribution in [0, 0.1) is 0 Å². The van der Waals surface area contributed by atoms with E-state index in [4.69, 9.17) is 13.3 Å². The zero-order valence-corrected chi connectivity index (χ0v) is 10.0. The molecule has 0 aromatic carbocycles. The molecule has 0 heterocycles. The molecule has 0 bridgehead atoms. The topological polar surface area (TPSA) is 27.7 Å². The minimum atomic E-state index is -2.37. The monoisotopic (exact) mass is 204 g/mol. The summed E-state index contributed by atoms with van der Waals surface area (Å²) >= 11 is 0. The van der Waals surface area contributed by atoms with Crippen molar-refractivity contribution in [2.45, 2.75) is 32.7 Å². The Bertz CT molecular complexity index is 144. The van der Waals surface area contributed by atoms with Crippen molar-refractivity contribution >= 4 is 8.80 Å². The Balaban J connectivity index is 4.12. The van der Waals surface area contributed by atoms with E-state index in [-0.39, 0.29) is 0 Å². The molecule has 0 aliphatic heterocycles. The van der Waals surface area contributed by atoms with Gasteiger partial charge < -0.3 is 13.3 Å². The Hall–Kier alpha value is -0.323. The van der Waals surface area contributed by atoms with Crippen molar-refractivity contribution in [3.63, 3.8) is 0 Å². The van der Waals surface area contributed by atoms with Crippen LogP contribution >= 0.6 is 0 Å². The molecule has 0 saturated carbocycles. The Morgan fingerprint density at radius 2 is 1.77 bits per heavy atom. The molecule has 0 aliphatic rings. The first-order valence-electron chi connectivity index (χ1n) is 4.67. The Morgan fingerprint density at radius 1 is 1.15 bits per heavy atom. The Morgan fingerprint density at radius 3 is 2.15 bits per heavy atom. The molecule has 0 atom stereocenters. The molecule has 0 amide bonds. The smallest absolute Gasteiger partial charge is 0.508 e. The third kappa shape index (κ3) is 4.45. The minimum Gasteiger partial charge on any atom is -0.508 e. The third-order valence-electron chi connectivity index (χ3n) is 1.76. The summed E-state index contributed by atoms with van der Waals surface area (Å²) in [5.41, 5.74) is 0. The van der Waals surface area contributed by atoms with Crippen molar-refractivity contribution < 1.29 is 13.3 Å². The zero-order chi connectivity index (χ0) is 10.2. The van der Waals surface area contributed by atoms with Gasteiger partial charge in [-0.25, -0.2) is 0 Å². The molecule has 4 heteroatoms. The molecule has 0 rings (SSSR count). The molecule has 78 valence electrons. The van der Waals surface area contributed by atoms with Crippen LogP contribution in [0.1, 0.15) is 26.7 Å². The predicted molar refractivity (Wildman–Crippen MR) is 55.4 cm³/mol. The Labute approximate surface area is 82.1 Å². The maximum atomic E-state index is 5.52. The van der Waals surface area contributed by atoms with Crippen LogP contribution in [0.3, 0.4) is 0 Å². The standard InChI is InChI=1S/C9H20O3Si/c1-5-7-8-12-13(10-3,11-4)9-6-2/h7-8H,5-6,9H2,1-4H3. The molecular weight excluding hydrogens is 184 g/mol. The highest BCUT2D eigenvalue weighted by molar-refractivity contribution is 6.60. The van der Waals surface area contributed by atoms with Crippen LogP contribution in [0.25, 0.3) is 0 Å². The van der Waals surface area contributed by atoms with Crippen molar-refractivity contribution in [1.82, 2.24) is 0 Å². The van der Waals surface area contributed by atoms with Gasteiger partial charge in [0.25, 0.3) is 0 Å². The normalized spacial score (nSPS) is 12.3. The van der Waals surface area contributed by atoms with Gasteiger partial charge in [-0.3, -0.25) is 0 Å². The molecule has 0 radical (unpaired) electrons. The molecule has 0 aliphatic carbocycles. The fraction of sp³-hybridized carbons (Fsp3) is 0.778. The third-order valence-corrected chi connectivity index (χ3v) is 4.61. The first kappa shape index (κ1) is 12.7. The van der Waals surface area contributed by atoms with Crippen molar-refractivity contribution in [1.29, 1.82) is 0 Å². The number of allylic oxidation sites excluding steroid dienone is 1. The molecule has 0 fully saturated rings. The summed E-state index contributed by atoms with van der Waals surface area (Å²) in [5.74, 6) is 0. The molecular formula is C9H20O3Si. The molecule has 0 aromatic rings. The summed E-state index contributed by atoms with van der Waals surface area (Å²) in [6.45, 7) is 4.15. The van der Waals surface area contributed by atoms with Gasteiger partial charge in [-0.1, -0.05) is 26.3 Å². The van der Waals surface area contributed by atoms with Crippen LogP contribution in [0.15, 0.2) is 12.3 Å². The van der Waals surface area contributed by atoms with Gasteiger partial charge in [-0.2, -0.15) is 0 Å². The lowest BCUT2D eigenvalue weighted by Gasteiger charge is -2.24. The fourth-order valence-electron chi connectivity index (χ4n) is 0.997. The van der Waals surface area contributed by atoms with E-state index < -0.39 is 8.80 Å². The summed E-state index contributed by atoms with van der Waals surface area (Å²) in [6.07, 6.45) is 5.61. The predicted octanol–water partition coefficient (Wildman–Crippen LogP) is 2.57. The van der Waals surface area contributed by atoms with E-state index in [1.54, 1.807) is 20.5 Å². The molecule has 0 spiro atoms. The summed E-state index contributed by atoms with van der Waals surface area (Å²) in [6, 6.07) is 0.855. The Kier molecular flexibility index (Phi) is 6.94. The lowest BCUT2D eigenvalue weighted by Crippen LogP contribution is -2.42. The largest absolute Gasteiger partial charge is 0.565 e. The molecule has 0 aromatic heterocycles. The second-order valence-electron chi connectivity index (χ2n) is 2.74. The maximum Gasteiger partial charge on any atom is 0.565 e. The van der Waals surface area contributed by atoms with Crippen molar-refractivity contribution in [3.8, 4) is 0 Å².